The zero-order valence-electron chi connectivity index (χ0n) is 14.8. The van der Waals surface area contributed by atoms with Gasteiger partial charge in [-0.3, -0.25) is 14.4 Å². The molecule has 2 unspecified atom stereocenters. The van der Waals surface area contributed by atoms with Crippen LogP contribution in [0.3, 0.4) is 0 Å². The maximum Gasteiger partial charge on any atom is 0.287 e. The van der Waals surface area contributed by atoms with E-state index in [0.29, 0.717) is 18.8 Å². The van der Waals surface area contributed by atoms with Gasteiger partial charge in [0.1, 0.15) is 0 Å². The minimum atomic E-state index is -2.61. The van der Waals surface area contributed by atoms with Crippen LogP contribution in [0.25, 0.3) is 0 Å². The van der Waals surface area contributed by atoms with Crippen LogP contribution in [0.15, 0.2) is 0 Å². The first-order valence-corrected chi connectivity index (χ1v) is 8.68. The van der Waals surface area contributed by atoms with Gasteiger partial charge < -0.3 is 11.1 Å². The molecule has 2 amide bonds. The first kappa shape index (κ1) is 22.5. The Labute approximate surface area is 142 Å². The molecule has 0 aliphatic heterocycles. The van der Waals surface area contributed by atoms with Crippen LogP contribution in [-0.2, 0) is 14.4 Å². The highest BCUT2D eigenvalue weighted by Gasteiger charge is 2.29. The number of primary amides is 1. The van der Waals surface area contributed by atoms with Crippen molar-refractivity contribution < 1.29 is 23.2 Å². The van der Waals surface area contributed by atoms with Crippen LogP contribution in [0.2, 0.25) is 0 Å². The SMILES string of the molecule is CCC[C@@H](CC)CC(CC)C(=O)NC(CCC(F)F)C(=O)C(N)=O. The highest BCUT2D eigenvalue weighted by molar-refractivity contribution is 6.37. The number of halogens is 2. The van der Waals surface area contributed by atoms with Crippen molar-refractivity contribution >= 4 is 17.6 Å². The molecule has 0 aliphatic carbocycles. The highest BCUT2D eigenvalue weighted by Crippen LogP contribution is 2.23. The van der Waals surface area contributed by atoms with Gasteiger partial charge in [0.2, 0.25) is 18.1 Å². The van der Waals surface area contributed by atoms with Crippen molar-refractivity contribution in [2.45, 2.75) is 78.2 Å². The minimum Gasteiger partial charge on any atom is -0.363 e. The smallest absolute Gasteiger partial charge is 0.287 e. The molecule has 5 nitrogen and oxygen atoms in total. The molecule has 0 aromatic heterocycles. The maximum absolute atomic E-state index is 12.4. The monoisotopic (exact) mass is 348 g/mol. The van der Waals surface area contributed by atoms with Gasteiger partial charge in [0, 0.05) is 12.3 Å². The van der Waals surface area contributed by atoms with Crippen LogP contribution < -0.4 is 11.1 Å². The van der Waals surface area contributed by atoms with Crippen LogP contribution in [0.4, 0.5) is 8.78 Å². The van der Waals surface area contributed by atoms with Crippen LogP contribution in [0.1, 0.15) is 65.7 Å². The van der Waals surface area contributed by atoms with Crippen LogP contribution in [0.5, 0.6) is 0 Å². The average Bonchev–Trinajstić information content (AvgIpc) is 2.53. The molecule has 0 fully saturated rings. The standard InChI is InChI=1S/C17H30F2N2O3/c1-4-7-11(5-2)10-12(6-3)17(24)21-13(8-9-14(18)19)15(22)16(20)23/h11-14H,4-10H2,1-3H3,(H2,20,23)(H,21,24)/t11-,12?,13?/m1/s1. The van der Waals surface area contributed by atoms with E-state index in [9.17, 15) is 23.2 Å². The molecule has 0 heterocycles. The fraction of sp³-hybridized carbons (Fsp3) is 0.824. The lowest BCUT2D eigenvalue weighted by atomic mass is 9.87. The third-order valence-electron chi connectivity index (χ3n) is 4.31. The topological polar surface area (TPSA) is 89.3 Å². The molecule has 0 rings (SSSR count). The Bertz CT molecular complexity index is 417. The minimum absolute atomic E-state index is 0.298. The first-order chi connectivity index (χ1) is 11.3. The molecule has 0 aromatic carbocycles. The lowest BCUT2D eigenvalue weighted by molar-refractivity contribution is -0.139. The number of rotatable bonds is 13. The van der Waals surface area contributed by atoms with Crippen molar-refractivity contribution in [2.75, 3.05) is 0 Å². The zero-order chi connectivity index (χ0) is 18.7. The Hall–Kier alpha value is -1.53. The molecule has 3 atom stereocenters. The molecular weight excluding hydrogens is 318 g/mol. The number of hydrogen-bond donors (Lipinski definition) is 2. The number of amides is 2. The van der Waals surface area contributed by atoms with E-state index in [1.807, 2.05) is 6.92 Å². The molecule has 24 heavy (non-hydrogen) atoms. The Kier molecular flexibility index (Phi) is 11.2. The van der Waals surface area contributed by atoms with E-state index in [1.54, 1.807) is 0 Å². The predicted octanol–water partition coefficient (Wildman–Crippen LogP) is 2.81. The second kappa shape index (κ2) is 11.9. The lowest BCUT2D eigenvalue weighted by Gasteiger charge is -2.23. The molecule has 0 spiro atoms. The molecule has 0 saturated carbocycles. The van der Waals surface area contributed by atoms with E-state index in [4.69, 9.17) is 5.73 Å². The summed E-state index contributed by atoms with van der Waals surface area (Å²) in [7, 11) is 0. The number of carbonyl (C=O) groups excluding carboxylic acids is 3. The predicted molar refractivity (Wildman–Crippen MR) is 88.5 cm³/mol. The van der Waals surface area contributed by atoms with Gasteiger partial charge in [-0.1, -0.05) is 40.0 Å². The third kappa shape index (κ3) is 8.36. The van der Waals surface area contributed by atoms with Gasteiger partial charge in [-0.15, -0.1) is 0 Å². The Balaban J connectivity index is 4.91. The molecule has 0 saturated heterocycles. The first-order valence-electron chi connectivity index (χ1n) is 8.68. The van der Waals surface area contributed by atoms with E-state index >= 15 is 0 Å². The molecule has 7 heteroatoms. The molecule has 0 aromatic rings. The van der Waals surface area contributed by atoms with Crippen LogP contribution >= 0.6 is 0 Å². The van der Waals surface area contributed by atoms with Crippen molar-refractivity contribution in [1.82, 2.24) is 5.32 Å². The van der Waals surface area contributed by atoms with Crippen molar-refractivity contribution in [1.29, 1.82) is 0 Å². The van der Waals surface area contributed by atoms with Gasteiger partial charge in [0.15, 0.2) is 0 Å². The fourth-order valence-electron chi connectivity index (χ4n) is 2.78. The van der Waals surface area contributed by atoms with E-state index in [0.717, 1.165) is 19.3 Å². The molecule has 0 aliphatic rings. The zero-order valence-corrected chi connectivity index (χ0v) is 14.8. The number of ketones is 1. The largest absolute Gasteiger partial charge is 0.363 e. The third-order valence-corrected chi connectivity index (χ3v) is 4.31. The molecule has 0 bridgehead atoms. The van der Waals surface area contributed by atoms with Gasteiger partial charge in [0.05, 0.1) is 6.04 Å². The molecular formula is C17H30F2N2O3. The second-order valence-electron chi connectivity index (χ2n) is 6.16. The Morgan fingerprint density at radius 3 is 2.04 bits per heavy atom. The van der Waals surface area contributed by atoms with Gasteiger partial charge in [-0.25, -0.2) is 8.78 Å². The fourth-order valence-corrected chi connectivity index (χ4v) is 2.78. The second-order valence-corrected chi connectivity index (χ2v) is 6.16. The number of carbonyl (C=O) groups is 3. The summed E-state index contributed by atoms with van der Waals surface area (Å²) in [4.78, 5) is 35.2. The van der Waals surface area contributed by atoms with Gasteiger partial charge >= 0.3 is 0 Å². The highest BCUT2D eigenvalue weighted by atomic mass is 19.3. The number of nitrogens with one attached hydrogen (secondary N) is 1. The van der Waals surface area contributed by atoms with Gasteiger partial charge in [0.25, 0.3) is 5.91 Å². The average molecular weight is 348 g/mol. The summed E-state index contributed by atoms with van der Waals surface area (Å²) in [5, 5.41) is 2.45. The van der Waals surface area contributed by atoms with Crippen LogP contribution in [0, 0.1) is 11.8 Å². The maximum atomic E-state index is 12.4. The quantitative estimate of drug-likeness (QED) is 0.502. The number of nitrogens with two attached hydrogens (primary N) is 1. The van der Waals surface area contributed by atoms with E-state index in [2.05, 4.69) is 19.2 Å². The number of alkyl halides is 2. The van der Waals surface area contributed by atoms with E-state index < -0.39 is 30.6 Å². The summed E-state index contributed by atoms with van der Waals surface area (Å²) in [6.07, 6.45) is 0.760. The molecule has 140 valence electrons. The summed E-state index contributed by atoms with van der Waals surface area (Å²) in [6.45, 7) is 6.01. The van der Waals surface area contributed by atoms with E-state index in [-0.39, 0.29) is 18.2 Å². The molecule has 3 N–H and O–H groups in total. The number of hydrogen-bond acceptors (Lipinski definition) is 3. The Morgan fingerprint density at radius 1 is 1.00 bits per heavy atom. The lowest BCUT2D eigenvalue weighted by Crippen LogP contribution is -2.48. The summed E-state index contributed by atoms with van der Waals surface area (Å²) in [5.74, 6) is -2.53. The van der Waals surface area contributed by atoms with Crippen LogP contribution in [-0.4, -0.2) is 30.1 Å². The summed E-state index contributed by atoms with van der Waals surface area (Å²) < 4.78 is 24.8. The van der Waals surface area contributed by atoms with Crippen molar-refractivity contribution in [2.24, 2.45) is 17.6 Å². The summed E-state index contributed by atoms with van der Waals surface area (Å²) in [5.41, 5.74) is 4.94. The summed E-state index contributed by atoms with van der Waals surface area (Å²) >= 11 is 0. The number of Topliss-reactive ketones (excluding diaryl/α,β-unsaturated/α-hetero) is 1. The van der Waals surface area contributed by atoms with Crippen molar-refractivity contribution in [3.05, 3.63) is 0 Å². The molecule has 0 radical (unpaired) electrons. The van der Waals surface area contributed by atoms with Crippen molar-refractivity contribution in [3.63, 3.8) is 0 Å². The Morgan fingerprint density at radius 2 is 1.62 bits per heavy atom. The van der Waals surface area contributed by atoms with E-state index in [1.165, 1.54) is 0 Å². The van der Waals surface area contributed by atoms with Crippen molar-refractivity contribution in [3.8, 4) is 0 Å². The normalized spacial score (nSPS) is 14.9. The summed E-state index contributed by atoms with van der Waals surface area (Å²) in [6, 6.07) is -1.27. The van der Waals surface area contributed by atoms with Gasteiger partial charge in [-0.05, 0) is 25.2 Å². The van der Waals surface area contributed by atoms with Gasteiger partial charge in [-0.2, -0.15) is 0 Å².